The molecule has 4 rings (SSSR count). The molecule has 8 nitrogen and oxygen atoms in total. The van der Waals surface area contributed by atoms with Gasteiger partial charge in [0.25, 0.3) is 5.91 Å². The molecular formula is C24H27NO7S. The number of rotatable bonds is 9. The third kappa shape index (κ3) is 4.81. The minimum Gasteiger partial charge on any atom is -0.497 e. The van der Waals surface area contributed by atoms with Crippen LogP contribution in [-0.2, 0) is 20.7 Å². The monoisotopic (exact) mass is 473 g/mol. The van der Waals surface area contributed by atoms with Crippen molar-refractivity contribution in [2.24, 2.45) is 0 Å². The highest BCUT2D eigenvalue weighted by Gasteiger charge is 2.41. The van der Waals surface area contributed by atoms with Crippen LogP contribution in [0.15, 0.2) is 42.6 Å². The van der Waals surface area contributed by atoms with Gasteiger partial charge in [0.15, 0.2) is 11.5 Å². The predicted octanol–water partition coefficient (Wildman–Crippen LogP) is 4.40. The SMILES string of the molecule is CCCOc1cc2c(cc1OC)C(=O)N1C=C(c3ccc(OC)cc3)C[C@H]1C(OOOS)C2. The maximum absolute atomic E-state index is 13.6. The van der Waals surface area contributed by atoms with Gasteiger partial charge in [-0.25, -0.2) is 0 Å². The number of fused-ring (bicyclic) bond motifs is 2. The van der Waals surface area contributed by atoms with Crippen molar-refractivity contribution >= 4 is 24.4 Å². The second-order valence-electron chi connectivity index (χ2n) is 7.86. The van der Waals surface area contributed by atoms with Crippen LogP contribution in [-0.4, -0.2) is 43.8 Å². The van der Waals surface area contributed by atoms with E-state index in [1.165, 1.54) is 0 Å². The molecule has 176 valence electrons. The molecule has 2 heterocycles. The number of ether oxygens (including phenoxy) is 3. The van der Waals surface area contributed by atoms with Crippen molar-refractivity contribution in [3.05, 3.63) is 59.3 Å². The van der Waals surface area contributed by atoms with Crippen LogP contribution in [0.3, 0.4) is 0 Å². The molecule has 0 saturated carbocycles. The van der Waals surface area contributed by atoms with E-state index < -0.39 is 6.10 Å². The quantitative estimate of drug-likeness (QED) is 0.250. The number of hydrogen-bond acceptors (Lipinski definition) is 8. The molecule has 0 N–H and O–H groups in total. The van der Waals surface area contributed by atoms with Crippen LogP contribution in [0, 0.1) is 0 Å². The molecule has 0 aromatic heterocycles. The summed E-state index contributed by atoms with van der Waals surface area (Å²) in [6.07, 6.45) is 3.23. The van der Waals surface area contributed by atoms with Crippen molar-refractivity contribution in [2.75, 3.05) is 20.8 Å². The number of thiol groups is 1. The average Bonchev–Trinajstić information content (AvgIpc) is 3.26. The van der Waals surface area contributed by atoms with Crippen molar-refractivity contribution in [3.8, 4) is 17.2 Å². The van der Waals surface area contributed by atoms with Crippen LogP contribution < -0.4 is 14.2 Å². The molecule has 0 spiro atoms. The fraction of sp³-hybridized carbons (Fsp3) is 0.375. The van der Waals surface area contributed by atoms with Gasteiger partial charge < -0.3 is 19.1 Å². The zero-order chi connectivity index (χ0) is 23.4. The first-order chi connectivity index (χ1) is 16.1. The lowest BCUT2D eigenvalue weighted by atomic mass is 9.95. The highest BCUT2D eigenvalue weighted by molar-refractivity contribution is 7.74. The Balaban J connectivity index is 1.72. The Hall–Kier alpha value is -2.72. The molecule has 33 heavy (non-hydrogen) atoms. The van der Waals surface area contributed by atoms with Gasteiger partial charge in [0, 0.05) is 31.1 Å². The van der Waals surface area contributed by atoms with Crippen molar-refractivity contribution < 1.29 is 33.3 Å². The number of hydrogen-bond donors (Lipinski definition) is 1. The van der Waals surface area contributed by atoms with E-state index in [1.54, 1.807) is 25.2 Å². The van der Waals surface area contributed by atoms with Gasteiger partial charge >= 0.3 is 0 Å². The summed E-state index contributed by atoms with van der Waals surface area (Å²) < 4.78 is 21.0. The molecule has 2 aromatic carbocycles. The Morgan fingerprint density at radius 3 is 2.52 bits per heavy atom. The maximum atomic E-state index is 13.6. The first-order valence-corrected chi connectivity index (χ1v) is 11.1. The van der Waals surface area contributed by atoms with Gasteiger partial charge in [-0.15, -0.1) is 4.33 Å². The van der Waals surface area contributed by atoms with E-state index in [4.69, 9.17) is 24.1 Å². The zero-order valence-electron chi connectivity index (χ0n) is 18.8. The second-order valence-corrected chi connectivity index (χ2v) is 8.01. The van der Waals surface area contributed by atoms with Crippen LogP contribution >= 0.6 is 12.9 Å². The smallest absolute Gasteiger partial charge is 0.258 e. The van der Waals surface area contributed by atoms with Crippen LogP contribution in [0.5, 0.6) is 17.2 Å². The molecule has 0 radical (unpaired) electrons. The van der Waals surface area contributed by atoms with Crippen LogP contribution in [0.1, 0.15) is 41.3 Å². The molecule has 0 saturated heterocycles. The fourth-order valence-electron chi connectivity index (χ4n) is 4.27. The Morgan fingerprint density at radius 1 is 1.06 bits per heavy atom. The summed E-state index contributed by atoms with van der Waals surface area (Å²) in [5.74, 6) is 1.73. The predicted molar refractivity (Wildman–Crippen MR) is 124 cm³/mol. The first kappa shape index (κ1) is 23.4. The van der Waals surface area contributed by atoms with E-state index in [1.807, 2.05) is 43.5 Å². The van der Waals surface area contributed by atoms with Crippen LogP contribution in [0.4, 0.5) is 0 Å². The Kier molecular flexibility index (Phi) is 7.44. The van der Waals surface area contributed by atoms with E-state index in [0.717, 1.165) is 28.9 Å². The lowest BCUT2D eigenvalue weighted by Gasteiger charge is -2.26. The molecule has 1 amide bonds. The van der Waals surface area contributed by atoms with Crippen molar-refractivity contribution in [2.45, 2.75) is 38.3 Å². The second kappa shape index (κ2) is 10.5. The lowest BCUT2D eigenvalue weighted by molar-refractivity contribution is -0.479. The number of methoxy groups -OCH3 is 2. The molecule has 0 aliphatic carbocycles. The van der Waals surface area contributed by atoms with Gasteiger partial charge in [0.2, 0.25) is 0 Å². The number of benzene rings is 2. The molecule has 1 unspecified atom stereocenters. The molecule has 0 fully saturated rings. The molecule has 9 heteroatoms. The Morgan fingerprint density at radius 2 is 1.85 bits per heavy atom. The van der Waals surface area contributed by atoms with Crippen molar-refractivity contribution in [1.29, 1.82) is 0 Å². The van der Waals surface area contributed by atoms with Gasteiger partial charge in [-0.2, -0.15) is 4.89 Å². The summed E-state index contributed by atoms with van der Waals surface area (Å²) in [4.78, 5) is 20.8. The summed E-state index contributed by atoms with van der Waals surface area (Å²) in [7, 11) is 3.19. The van der Waals surface area contributed by atoms with Gasteiger partial charge in [0.05, 0.1) is 26.9 Å². The minimum atomic E-state index is -0.498. The van der Waals surface area contributed by atoms with Gasteiger partial charge in [-0.05, 0) is 53.8 Å². The molecule has 2 aliphatic heterocycles. The third-order valence-electron chi connectivity index (χ3n) is 5.90. The maximum Gasteiger partial charge on any atom is 0.258 e. The first-order valence-electron chi connectivity index (χ1n) is 10.7. The van der Waals surface area contributed by atoms with E-state index in [9.17, 15) is 4.79 Å². The van der Waals surface area contributed by atoms with Crippen LogP contribution in [0.25, 0.3) is 5.57 Å². The van der Waals surface area contributed by atoms with Crippen LogP contribution in [0.2, 0.25) is 0 Å². The summed E-state index contributed by atoms with van der Waals surface area (Å²) in [5.41, 5.74) is 3.33. The van der Waals surface area contributed by atoms with E-state index >= 15 is 0 Å². The molecule has 2 atom stereocenters. The molecular weight excluding hydrogens is 446 g/mol. The Labute approximate surface area is 198 Å². The lowest BCUT2D eigenvalue weighted by Crippen LogP contribution is -2.41. The van der Waals surface area contributed by atoms with Gasteiger partial charge in [-0.1, -0.05) is 24.1 Å². The van der Waals surface area contributed by atoms with E-state index in [2.05, 4.69) is 17.2 Å². The number of nitrogens with zero attached hydrogens (tertiary/aromatic N) is 1. The van der Waals surface area contributed by atoms with Crippen molar-refractivity contribution in [1.82, 2.24) is 4.90 Å². The summed E-state index contributed by atoms with van der Waals surface area (Å²) in [6, 6.07) is 11.0. The molecule has 0 bridgehead atoms. The van der Waals surface area contributed by atoms with Gasteiger partial charge in [0.1, 0.15) is 11.9 Å². The average molecular weight is 474 g/mol. The summed E-state index contributed by atoms with van der Waals surface area (Å²) >= 11 is 3.60. The van der Waals surface area contributed by atoms with E-state index in [0.29, 0.717) is 36.5 Å². The number of amides is 1. The summed E-state index contributed by atoms with van der Waals surface area (Å²) in [5, 5.41) is 4.73. The number of carbonyl (C=O) groups excluding carboxylic acids is 1. The van der Waals surface area contributed by atoms with Gasteiger partial charge in [-0.3, -0.25) is 4.79 Å². The highest BCUT2D eigenvalue weighted by atomic mass is 32.1. The van der Waals surface area contributed by atoms with Crippen molar-refractivity contribution in [3.63, 3.8) is 0 Å². The minimum absolute atomic E-state index is 0.142. The third-order valence-corrected chi connectivity index (χ3v) is 5.96. The topological polar surface area (TPSA) is 75.7 Å². The standard InChI is InChI=1S/C24H27NO7S/c1-4-9-29-23-12-16-11-21(30-31-32-33)20-10-17(15-5-7-18(27-2)8-6-15)14-25(20)24(26)19(16)13-22(23)28-3/h5-8,12-14,20-21,33H,4,9-11H2,1-3H3/t20-,21?/m0/s1. The highest BCUT2D eigenvalue weighted by Crippen LogP contribution is 2.40. The largest absolute Gasteiger partial charge is 0.497 e. The zero-order valence-corrected chi connectivity index (χ0v) is 19.7. The normalized spacial score (nSPS) is 19.5. The Bertz CT molecular complexity index is 1020. The fourth-order valence-corrected chi connectivity index (χ4v) is 4.30. The number of carbonyl (C=O) groups is 1. The molecule has 2 aromatic rings. The van der Waals surface area contributed by atoms with E-state index in [-0.39, 0.29) is 11.9 Å². The molecule has 2 aliphatic rings. The summed E-state index contributed by atoms with van der Waals surface area (Å²) in [6.45, 7) is 2.57.